The average Bonchev–Trinajstić information content (AvgIpc) is 3.05. The minimum absolute atomic E-state index is 0.00398. The van der Waals surface area contributed by atoms with E-state index in [9.17, 15) is 4.79 Å². The smallest absolute Gasteiger partial charge is 0.257 e. The number of aromatic amines is 2. The van der Waals surface area contributed by atoms with Gasteiger partial charge in [-0.1, -0.05) is 0 Å². The average molecular weight is 286 g/mol. The maximum atomic E-state index is 12.9. The predicted molar refractivity (Wildman–Crippen MR) is 74.6 cm³/mol. The summed E-state index contributed by atoms with van der Waals surface area (Å²) in [6.07, 6.45) is 8.53. The number of hydrogen-bond donors (Lipinski definition) is 2. The Labute approximate surface area is 122 Å². The molecule has 0 radical (unpaired) electrons. The maximum Gasteiger partial charge on any atom is 0.257 e. The molecule has 7 heteroatoms. The molecule has 0 bridgehead atoms. The van der Waals surface area contributed by atoms with Gasteiger partial charge in [-0.25, -0.2) is 4.98 Å². The number of H-pyrrole nitrogens is 2. The Morgan fingerprint density at radius 1 is 1.19 bits per heavy atom. The number of likely N-dealkylation sites (tertiary alicyclic amines) is 1. The van der Waals surface area contributed by atoms with E-state index < -0.39 is 0 Å². The largest absolute Gasteiger partial charge is 0.328 e. The van der Waals surface area contributed by atoms with E-state index in [2.05, 4.69) is 25.4 Å². The topological polar surface area (TPSA) is 90.6 Å². The first-order chi connectivity index (χ1) is 10.3. The van der Waals surface area contributed by atoms with E-state index in [1.807, 2.05) is 4.90 Å². The quantitative estimate of drug-likeness (QED) is 0.899. The van der Waals surface area contributed by atoms with Crippen molar-refractivity contribution in [3.05, 3.63) is 29.6 Å². The number of carbonyl (C=O) groups excluding carboxylic acids is 1. The normalized spacial score (nSPS) is 22.5. The van der Waals surface area contributed by atoms with Crippen molar-refractivity contribution < 1.29 is 4.79 Å². The lowest BCUT2D eigenvalue weighted by molar-refractivity contribution is 0.0599. The third-order valence-electron chi connectivity index (χ3n) is 4.40. The molecule has 0 aromatic carbocycles. The van der Waals surface area contributed by atoms with Gasteiger partial charge in [0, 0.05) is 12.5 Å². The SMILES string of the molecule is O=C(c1cn[nH]c1C1CC1)N1CCCCC1c1ncn[nH]1. The van der Waals surface area contributed by atoms with Crippen LogP contribution in [0, 0.1) is 0 Å². The Morgan fingerprint density at radius 2 is 2.10 bits per heavy atom. The number of hydrogen-bond acceptors (Lipinski definition) is 4. The molecular weight excluding hydrogens is 268 g/mol. The van der Waals surface area contributed by atoms with Crippen LogP contribution in [0.25, 0.3) is 0 Å². The van der Waals surface area contributed by atoms with Crippen molar-refractivity contribution in [2.24, 2.45) is 0 Å². The van der Waals surface area contributed by atoms with Crippen molar-refractivity contribution >= 4 is 5.91 Å². The summed E-state index contributed by atoms with van der Waals surface area (Å²) >= 11 is 0. The van der Waals surface area contributed by atoms with Crippen LogP contribution < -0.4 is 0 Å². The molecule has 3 heterocycles. The number of nitrogens with one attached hydrogen (secondary N) is 2. The second-order valence-electron chi connectivity index (χ2n) is 5.85. The first-order valence-corrected chi connectivity index (χ1v) is 7.54. The van der Waals surface area contributed by atoms with Gasteiger partial charge in [-0.15, -0.1) is 0 Å². The van der Waals surface area contributed by atoms with Gasteiger partial charge in [0.15, 0.2) is 0 Å². The maximum absolute atomic E-state index is 12.9. The molecule has 1 unspecified atom stereocenters. The Morgan fingerprint density at radius 3 is 2.86 bits per heavy atom. The third kappa shape index (κ3) is 2.22. The summed E-state index contributed by atoms with van der Waals surface area (Å²) in [4.78, 5) is 19.1. The first kappa shape index (κ1) is 12.6. The molecule has 2 aromatic rings. The van der Waals surface area contributed by atoms with Crippen LogP contribution in [-0.4, -0.2) is 42.7 Å². The van der Waals surface area contributed by atoms with Crippen LogP contribution in [0.4, 0.5) is 0 Å². The third-order valence-corrected chi connectivity index (χ3v) is 4.40. The second kappa shape index (κ2) is 4.98. The fourth-order valence-corrected chi connectivity index (χ4v) is 3.14. The number of aromatic nitrogens is 5. The van der Waals surface area contributed by atoms with Crippen LogP contribution in [0.2, 0.25) is 0 Å². The summed E-state index contributed by atoms with van der Waals surface area (Å²) in [5.74, 6) is 1.33. The van der Waals surface area contributed by atoms with Crippen molar-refractivity contribution in [2.45, 2.75) is 44.1 Å². The van der Waals surface area contributed by atoms with E-state index in [1.165, 1.54) is 6.33 Å². The van der Waals surface area contributed by atoms with Gasteiger partial charge < -0.3 is 4.90 Å². The van der Waals surface area contributed by atoms with Crippen molar-refractivity contribution in [1.29, 1.82) is 0 Å². The van der Waals surface area contributed by atoms with Crippen molar-refractivity contribution in [1.82, 2.24) is 30.3 Å². The van der Waals surface area contributed by atoms with Crippen molar-refractivity contribution in [3.63, 3.8) is 0 Å². The number of rotatable bonds is 3. The molecule has 2 fully saturated rings. The van der Waals surface area contributed by atoms with Gasteiger partial charge in [-0.2, -0.15) is 10.2 Å². The number of piperidine rings is 1. The Bertz CT molecular complexity index is 630. The highest BCUT2D eigenvalue weighted by Gasteiger charge is 2.35. The highest BCUT2D eigenvalue weighted by Crippen LogP contribution is 2.41. The Balaban J connectivity index is 1.63. The zero-order valence-corrected chi connectivity index (χ0v) is 11.7. The minimum Gasteiger partial charge on any atom is -0.328 e. The molecule has 2 aliphatic rings. The van der Waals surface area contributed by atoms with E-state index in [0.717, 1.165) is 55.7 Å². The summed E-state index contributed by atoms with van der Waals surface area (Å²) in [5.41, 5.74) is 1.73. The zero-order chi connectivity index (χ0) is 14.2. The zero-order valence-electron chi connectivity index (χ0n) is 11.7. The van der Waals surface area contributed by atoms with Gasteiger partial charge in [0.25, 0.3) is 5.91 Å². The van der Waals surface area contributed by atoms with Gasteiger partial charge in [0.1, 0.15) is 12.2 Å². The molecule has 1 amide bonds. The predicted octanol–water partition coefficient (Wildman–Crippen LogP) is 1.77. The highest BCUT2D eigenvalue weighted by molar-refractivity contribution is 5.95. The van der Waals surface area contributed by atoms with E-state index in [4.69, 9.17) is 0 Å². The van der Waals surface area contributed by atoms with Gasteiger partial charge in [0.2, 0.25) is 0 Å². The monoisotopic (exact) mass is 286 g/mol. The highest BCUT2D eigenvalue weighted by atomic mass is 16.2. The summed E-state index contributed by atoms with van der Waals surface area (Å²) in [6.45, 7) is 0.763. The summed E-state index contributed by atoms with van der Waals surface area (Å²) < 4.78 is 0. The minimum atomic E-state index is -0.00398. The number of amides is 1. The van der Waals surface area contributed by atoms with Crippen LogP contribution in [0.15, 0.2) is 12.5 Å². The molecule has 1 saturated carbocycles. The standard InChI is InChI=1S/C14H18N6O/c21-14(10-7-16-18-12(10)9-4-5-9)20-6-2-1-3-11(20)13-15-8-17-19-13/h7-9,11H,1-6H2,(H,16,18)(H,15,17,19). The fraction of sp³-hybridized carbons (Fsp3) is 0.571. The first-order valence-electron chi connectivity index (χ1n) is 7.54. The van der Waals surface area contributed by atoms with Gasteiger partial charge >= 0.3 is 0 Å². The van der Waals surface area contributed by atoms with Gasteiger partial charge in [0.05, 0.1) is 23.5 Å². The Kier molecular flexibility index (Phi) is 2.98. The van der Waals surface area contributed by atoms with Crippen molar-refractivity contribution in [2.75, 3.05) is 6.54 Å². The Hall–Kier alpha value is -2.18. The fourth-order valence-electron chi connectivity index (χ4n) is 3.14. The summed E-state index contributed by atoms with van der Waals surface area (Å²) in [6, 6.07) is -0.00398. The molecule has 2 N–H and O–H groups in total. The van der Waals surface area contributed by atoms with Gasteiger partial charge in [-0.05, 0) is 32.1 Å². The molecule has 2 aromatic heterocycles. The molecule has 1 aliphatic carbocycles. The summed E-state index contributed by atoms with van der Waals surface area (Å²) in [5, 5.41) is 13.9. The number of carbonyl (C=O) groups is 1. The lowest BCUT2D eigenvalue weighted by atomic mass is 10.00. The lowest BCUT2D eigenvalue weighted by Gasteiger charge is -2.34. The van der Waals surface area contributed by atoms with Crippen molar-refractivity contribution in [3.8, 4) is 0 Å². The molecular formula is C14H18N6O. The van der Waals surface area contributed by atoms with Gasteiger partial charge in [-0.3, -0.25) is 15.0 Å². The van der Waals surface area contributed by atoms with Crippen LogP contribution in [-0.2, 0) is 0 Å². The molecule has 7 nitrogen and oxygen atoms in total. The van der Waals surface area contributed by atoms with E-state index >= 15 is 0 Å². The second-order valence-corrected chi connectivity index (χ2v) is 5.85. The molecule has 1 aliphatic heterocycles. The molecule has 4 rings (SSSR count). The van der Waals surface area contributed by atoms with E-state index in [1.54, 1.807) is 6.20 Å². The molecule has 0 spiro atoms. The molecule has 110 valence electrons. The number of nitrogens with zero attached hydrogens (tertiary/aromatic N) is 4. The molecule has 1 saturated heterocycles. The molecule has 21 heavy (non-hydrogen) atoms. The van der Waals surface area contributed by atoms with E-state index in [0.29, 0.717) is 5.92 Å². The van der Waals surface area contributed by atoms with E-state index in [-0.39, 0.29) is 11.9 Å². The lowest BCUT2D eigenvalue weighted by Crippen LogP contribution is -2.39. The van der Waals surface area contributed by atoms with Crippen LogP contribution in [0.5, 0.6) is 0 Å². The van der Waals surface area contributed by atoms with Crippen LogP contribution in [0.3, 0.4) is 0 Å². The molecule has 1 atom stereocenters. The summed E-state index contributed by atoms with van der Waals surface area (Å²) in [7, 11) is 0. The van der Waals surface area contributed by atoms with Crippen LogP contribution in [0.1, 0.15) is 65.9 Å². The van der Waals surface area contributed by atoms with Crippen LogP contribution >= 0.6 is 0 Å².